The summed E-state index contributed by atoms with van der Waals surface area (Å²) in [5.74, 6) is 0.198. The minimum Gasteiger partial charge on any atom is -0.495 e. The van der Waals surface area contributed by atoms with E-state index in [2.05, 4.69) is 15.5 Å². The van der Waals surface area contributed by atoms with Gasteiger partial charge in [-0.25, -0.2) is 8.42 Å². The molecule has 0 spiro atoms. The van der Waals surface area contributed by atoms with E-state index in [0.717, 1.165) is 18.8 Å². The topological polar surface area (TPSA) is 100 Å². The number of nitrogens with zero attached hydrogens (tertiary/aromatic N) is 2. The molecule has 0 unspecified atom stereocenters. The van der Waals surface area contributed by atoms with Crippen molar-refractivity contribution < 1.29 is 22.7 Å². The summed E-state index contributed by atoms with van der Waals surface area (Å²) in [6, 6.07) is 12.3. The highest BCUT2D eigenvalue weighted by Crippen LogP contribution is 2.29. The van der Waals surface area contributed by atoms with Crippen molar-refractivity contribution in [1.29, 1.82) is 0 Å². The van der Waals surface area contributed by atoms with Gasteiger partial charge in [0.15, 0.2) is 0 Å². The lowest BCUT2D eigenvalue weighted by molar-refractivity contribution is -0.114. The molecule has 1 fully saturated rings. The Balaban J connectivity index is 1.64. The number of sulfonamides is 1. The van der Waals surface area contributed by atoms with E-state index in [1.165, 1.54) is 23.5 Å². The van der Waals surface area contributed by atoms with Gasteiger partial charge in [-0.05, 0) is 42.5 Å². The minimum absolute atomic E-state index is 0.0453. The van der Waals surface area contributed by atoms with E-state index >= 15 is 0 Å². The first-order valence-corrected chi connectivity index (χ1v) is 12.5. The van der Waals surface area contributed by atoms with Crippen LogP contribution in [-0.2, 0) is 19.6 Å². The van der Waals surface area contributed by atoms with Crippen molar-refractivity contribution >= 4 is 33.0 Å². The van der Waals surface area contributed by atoms with Crippen LogP contribution in [0.2, 0.25) is 0 Å². The summed E-state index contributed by atoms with van der Waals surface area (Å²) in [4.78, 5) is 14.9. The SMILES string of the molecule is CCN(CC)S(=O)(=O)c1ccc(OC)c(NCC(=O)Nc2ccc(N3CCOCC3)cc2)c1. The van der Waals surface area contributed by atoms with Crippen molar-refractivity contribution in [2.45, 2.75) is 18.7 Å². The second-order valence-corrected chi connectivity index (χ2v) is 9.44. The van der Waals surface area contributed by atoms with Gasteiger partial charge in [0.05, 0.1) is 37.5 Å². The van der Waals surface area contributed by atoms with Gasteiger partial charge in [0.2, 0.25) is 15.9 Å². The van der Waals surface area contributed by atoms with Gasteiger partial charge in [0, 0.05) is 37.6 Å². The number of anilines is 3. The Labute approximate surface area is 195 Å². The van der Waals surface area contributed by atoms with Crippen LogP contribution in [-0.4, -0.2) is 71.7 Å². The first kappa shape index (κ1) is 24.8. The van der Waals surface area contributed by atoms with E-state index in [-0.39, 0.29) is 17.3 Å². The van der Waals surface area contributed by atoms with Gasteiger partial charge in [0.25, 0.3) is 0 Å². The summed E-state index contributed by atoms with van der Waals surface area (Å²) in [6.07, 6.45) is 0. The molecule has 0 radical (unpaired) electrons. The van der Waals surface area contributed by atoms with Crippen molar-refractivity contribution in [2.24, 2.45) is 0 Å². The first-order valence-electron chi connectivity index (χ1n) is 11.0. The molecule has 3 rings (SSSR count). The maximum Gasteiger partial charge on any atom is 0.243 e. The number of carbonyl (C=O) groups is 1. The van der Waals surface area contributed by atoms with Gasteiger partial charge >= 0.3 is 0 Å². The van der Waals surface area contributed by atoms with Gasteiger partial charge in [-0.15, -0.1) is 0 Å². The Morgan fingerprint density at radius 3 is 2.36 bits per heavy atom. The largest absolute Gasteiger partial charge is 0.495 e. The predicted molar refractivity (Wildman–Crippen MR) is 130 cm³/mol. The van der Waals surface area contributed by atoms with Crippen molar-refractivity contribution in [1.82, 2.24) is 4.31 Å². The van der Waals surface area contributed by atoms with E-state index in [4.69, 9.17) is 9.47 Å². The Bertz CT molecular complexity index is 1030. The fourth-order valence-electron chi connectivity index (χ4n) is 3.66. The lowest BCUT2D eigenvalue weighted by Gasteiger charge is -2.28. The van der Waals surface area contributed by atoms with Crippen LogP contribution >= 0.6 is 0 Å². The fraction of sp³-hybridized carbons (Fsp3) is 0.435. The van der Waals surface area contributed by atoms with Crippen LogP contribution in [0.4, 0.5) is 17.1 Å². The van der Waals surface area contributed by atoms with Crippen LogP contribution in [0.1, 0.15) is 13.8 Å². The maximum absolute atomic E-state index is 12.8. The molecular weight excluding hydrogens is 444 g/mol. The Hall–Kier alpha value is -2.82. The van der Waals surface area contributed by atoms with Gasteiger partial charge in [-0.1, -0.05) is 13.8 Å². The van der Waals surface area contributed by atoms with Gasteiger partial charge in [0.1, 0.15) is 5.75 Å². The molecule has 2 aromatic carbocycles. The second-order valence-electron chi connectivity index (χ2n) is 7.50. The molecule has 10 heteroatoms. The summed E-state index contributed by atoms with van der Waals surface area (Å²) >= 11 is 0. The molecule has 9 nitrogen and oxygen atoms in total. The molecule has 33 heavy (non-hydrogen) atoms. The van der Waals surface area contributed by atoms with E-state index in [1.54, 1.807) is 19.9 Å². The molecule has 1 saturated heterocycles. The number of rotatable bonds is 10. The zero-order chi connectivity index (χ0) is 23.8. The van der Waals surface area contributed by atoms with Crippen LogP contribution in [0.5, 0.6) is 5.75 Å². The standard InChI is InChI=1S/C23H32N4O5S/c1-4-27(5-2)33(29,30)20-10-11-22(31-3)21(16-20)24-17-23(28)25-18-6-8-19(9-7-18)26-12-14-32-15-13-26/h6-11,16,24H,4-5,12-15,17H2,1-3H3,(H,25,28). The number of carbonyl (C=O) groups excluding carboxylic acids is 1. The number of hydrogen-bond donors (Lipinski definition) is 2. The summed E-state index contributed by atoms with van der Waals surface area (Å²) in [7, 11) is -2.13. The third-order valence-electron chi connectivity index (χ3n) is 5.48. The highest BCUT2D eigenvalue weighted by molar-refractivity contribution is 7.89. The van der Waals surface area contributed by atoms with E-state index in [9.17, 15) is 13.2 Å². The molecule has 0 saturated carbocycles. The zero-order valence-electron chi connectivity index (χ0n) is 19.3. The molecule has 2 N–H and O–H groups in total. The molecule has 1 heterocycles. The van der Waals surface area contributed by atoms with Crippen molar-refractivity contribution in [3.63, 3.8) is 0 Å². The number of ether oxygens (including phenoxy) is 2. The zero-order valence-corrected chi connectivity index (χ0v) is 20.2. The van der Waals surface area contributed by atoms with E-state index < -0.39 is 10.0 Å². The highest BCUT2D eigenvalue weighted by Gasteiger charge is 2.23. The van der Waals surface area contributed by atoms with Crippen LogP contribution in [0.3, 0.4) is 0 Å². The molecule has 0 aromatic heterocycles. The molecule has 180 valence electrons. The Kier molecular flexibility index (Phi) is 8.54. The molecule has 1 aliphatic heterocycles. The van der Waals surface area contributed by atoms with E-state index in [1.807, 2.05) is 24.3 Å². The quantitative estimate of drug-likeness (QED) is 0.544. The number of amides is 1. The van der Waals surface area contributed by atoms with Crippen molar-refractivity contribution in [3.8, 4) is 5.75 Å². The van der Waals surface area contributed by atoms with Crippen LogP contribution in [0.15, 0.2) is 47.4 Å². The van der Waals surface area contributed by atoms with Gasteiger partial charge < -0.3 is 25.0 Å². The predicted octanol–water partition coefficient (Wildman–Crippen LogP) is 2.61. The molecule has 1 aliphatic rings. The summed E-state index contributed by atoms with van der Waals surface area (Å²) in [6.45, 7) is 7.41. The third-order valence-corrected chi connectivity index (χ3v) is 7.53. The minimum atomic E-state index is -3.62. The van der Waals surface area contributed by atoms with Crippen LogP contribution < -0.4 is 20.3 Å². The number of benzene rings is 2. The number of hydrogen-bond acceptors (Lipinski definition) is 7. The smallest absolute Gasteiger partial charge is 0.243 e. The molecule has 2 aromatic rings. The summed E-state index contributed by atoms with van der Waals surface area (Å²) < 4.78 is 37.8. The molecule has 0 bridgehead atoms. The third kappa shape index (κ3) is 6.16. The summed E-state index contributed by atoms with van der Waals surface area (Å²) in [5.41, 5.74) is 2.21. The highest BCUT2D eigenvalue weighted by atomic mass is 32.2. The molecular formula is C23H32N4O5S. The summed E-state index contributed by atoms with van der Waals surface area (Å²) in [5, 5.41) is 5.84. The normalized spacial score (nSPS) is 14.2. The lowest BCUT2D eigenvalue weighted by atomic mass is 10.2. The Morgan fingerprint density at radius 2 is 1.76 bits per heavy atom. The average molecular weight is 477 g/mol. The van der Waals surface area contributed by atoms with Crippen LogP contribution in [0, 0.1) is 0 Å². The maximum atomic E-state index is 12.8. The van der Waals surface area contributed by atoms with Gasteiger partial charge in [-0.3, -0.25) is 4.79 Å². The number of nitrogens with one attached hydrogen (secondary N) is 2. The Morgan fingerprint density at radius 1 is 1.09 bits per heavy atom. The van der Waals surface area contributed by atoms with Crippen LogP contribution in [0.25, 0.3) is 0 Å². The first-order chi connectivity index (χ1) is 15.9. The molecule has 1 amide bonds. The van der Waals surface area contributed by atoms with Crippen molar-refractivity contribution in [2.75, 3.05) is 68.6 Å². The van der Waals surface area contributed by atoms with Gasteiger partial charge in [-0.2, -0.15) is 4.31 Å². The monoisotopic (exact) mass is 476 g/mol. The average Bonchev–Trinajstić information content (AvgIpc) is 2.84. The number of morpholine rings is 1. The lowest BCUT2D eigenvalue weighted by Crippen LogP contribution is -2.36. The number of methoxy groups -OCH3 is 1. The second kappa shape index (κ2) is 11.4. The van der Waals surface area contributed by atoms with E-state index in [0.29, 0.717) is 43.4 Å². The van der Waals surface area contributed by atoms with Crippen molar-refractivity contribution in [3.05, 3.63) is 42.5 Å². The molecule has 0 atom stereocenters. The molecule has 0 aliphatic carbocycles. The fourth-order valence-corrected chi connectivity index (χ4v) is 5.14.